The number of phenolic OH excluding ortho intramolecular Hbond substituents is 1. The second kappa shape index (κ2) is 11.4. The number of aryl methyl sites for hydroxylation is 1. The van der Waals surface area contributed by atoms with E-state index < -0.39 is 22.0 Å². The summed E-state index contributed by atoms with van der Waals surface area (Å²) in [6.45, 7) is 1.87. The van der Waals surface area contributed by atoms with Crippen molar-refractivity contribution in [2.24, 2.45) is 5.10 Å². The predicted octanol–water partition coefficient (Wildman–Crippen LogP) is 3.87. The number of nitrogens with zero attached hydrogens (tertiary/aromatic N) is 1. The Kier molecular flexibility index (Phi) is 8.64. The lowest BCUT2D eigenvalue weighted by Gasteiger charge is -2.18. The number of hydrogen-bond donors (Lipinski definition) is 3. The van der Waals surface area contributed by atoms with Crippen LogP contribution < -0.4 is 14.9 Å². The number of aromatic hydroxyl groups is 1. The molecular weight excluding hydrogens is 569 g/mol. The molecule has 0 fully saturated rings. The Morgan fingerprint density at radius 2 is 1.82 bits per heavy atom. The summed E-state index contributed by atoms with van der Waals surface area (Å²) < 4.78 is 34.2. The predicted molar refractivity (Wildman–Crippen MR) is 138 cm³/mol. The van der Waals surface area contributed by atoms with Gasteiger partial charge in [0.25, 0.3) is 0 Å². The first-order chi connectivity index (χ1) is 16.2. The molecule has 0 heterocycles. The van der Waals surface area contributed by atoms with E-state index in [0.717, 1.165) is 5.56 Å². The van der Waals surface area contributed by atoms with Crippen molar-refractivity contribution in [1.82, 2.24) is 10.1 Å². The molecule has 0 aliphatic heterocycles. The molecule has 0 unspecified atom stereocenters. The molecule has 0 saturated heterocycles. The molecule has 10 heteroatoms. The van der Waals surface area contributed by atoms with Crippen LogP contribution in [0.3, 0.4) is 0 Å². The van der Waals surface area contributed by atoms with Gasteiger partial charge in [0.05, 0.1) is 27.8 Å². The van der Waals surface area contributed by atoms with E-state index in [0.29, 0.717) is 14.7 Å². The van der Waals surface area contributed by atoms with E-state index in [1.54, 1.807) is 48.5 Å². The number of benzene rings is 3. The highest BCUT2D eigenvalue weighted by atomic mass is 127. The Labute approximate surface area is 212 Å². The molecule has 8 nitrogen and oxygen atoms in total. The van der Waals surface area contributed by atoms with E-state index in [2.05, 4.69) is 15.2 Å². The first-order valence-electron chi connectivity index (χ1n) is 10.2. The van der Waals surface area contributed by atoms with Crippen molar-refractivity contribution in [3.8, 4) is 11.5 Å². The van der Waals surface area contributed by atoms with E-state index in [4.69, 9.17) is 4.74 Å². The Hall–Kier alpha value is -2.96. The Balaban J connectivity index is 1.74. The zero-order valence-corrected chi connectivity index (χ0v) is 21.5. The van der Waals surface area contributed by atoms with Crippen LogP contribution in [-0.2, 0) is 14.8 Å². The molecule has 178 valence electrons. The lowest BCUT2D eigenvalue weighted by atomic mass is 10.0. The van der Waals surface area contributed by atoms with Crippen molar-refractivity contribution in [3.05, 3.63) is 87.0 Å². The standard InChI is InChI=1S/C24H24IN3O5S/c1-16-8-10-19(11-9-16)34(31,32)28-21(18-6-4-3-5-7-18)14-23(29)27-26-15-17-12-20(25)24(30)22(13-17)33-2/h3-13,15,21,28,30H,14H2,1-2H3,(H,27,29)/b26-15-/t21-/m1/s1. The van der Waals surface area contributed by atoms with Gasteiger partial charge in [-0.05, 0) is 64.9 Å². The number of hydrazone groups is 1. The van der Waals surface area contributed by atoms with Crippen LogP contribution in [0.25, 0.3) is 0 Å². The minimum Gasteiger partial charge on any atom is -0.504 e. The van der Waals surface area contributed by atoms with Gasteiger partial charge in [-0.15, -0.1) is 0 Å². The Morgan fingerprint density at radius 1 is 1.15 bits per heavy atom. The molecule has 0 bridgehead atoms. The SMILES string of the molecule is COc1cc(/C=N\NC(=O)C[C@@H](NS(=O)(=O)c2ccc(C)cc2)c2ccccc2)cc(I)c1O. The molecule has 3 rings (SSSR count). The number of carbonyl (C=O) groups excluding carboxylic acids is 1. The van der Waals surface area contributed by atoms with Crippen molar-refractivity contribution in [1.29, 1.82) is 0 Å². The fourth-order valence-electron chi connectivity index (χ4n) is 3.12. The molecule has 0 aliphatic carbocycles. The molecule has 1 amide bonds. The van der Waals surface area contributed by atoms with Crippen LogP contribution in [0.4, 0.5) is 0 Å². The summed E-state index contributed by atoms with van der Waals surface area (Å²) in [6, 6.07) is 17.8. The van der Waals surface area contributed by atoms with Crippen LogP contribution in [-0.4, -0.2) is 32.8 Å². The number of methoxy groups -OCH3 is 1. The van der Waals surface area contributed by atoms with Gasteiger partial charge < -0.3 is 9.84 Å². The largest absolute Gasteiger partial charge is 0.504 e. The summed E-state index contributed by atoms with van der Waals surface area (Å²) in [5.74, 6) is -0.165. The molecular formula is C24H24IN3O5S. The second-order valence-electron chi connectivity index (χ2n) is 7.45. The number of halogens is 1. The highest BCUT2D eigenvalue weighted by Gasteiger charge is 2.23. The van der Waals surface area contributed by atoms with E-state index in [1.807, 2.05) is 35.6 Å². The van der Waals surface area contributed by atoms with E-state index in [1.165, 1.54) is 25.5 Å². The zero-order valence-electron chi connectivity index (χ0n) is 18.5. The lowest BCUT2D eigenvalue weighted by Crippen LogP contribution is -2.32. The quantitative estimate of drug-likeness (QED) is 0.198. The van der Waals surface area contributed by atoms with Gasteiger partial charge in [0, 0.05) is 6.42 Å². The molecule has 0 saturated carbocycles. The first-order valence-corrected chi connectivity index (χ1v) is 12.8. The van der Waals surface area contributed by atoms with E-state index >= 15 is 0 Å². The monoisotopic (exact) mass is 593 g/mol. The molecule has 1 atom stereocenters. The normalized spacial score (nSPS) is 12.4. The molecule has 3 N–H and O–H groups in total. The number of phenols is 1. The maximum atomic E-state index is 12.9. The topological polar surface area (TPSA) is 117 Å². The third kappa shape index (κ3) is 6.78. The summed E-state index contributed by atoms with van der Waals surface area (Å²) in [5.41, 5.74) is 4.63. The fourth-order valence-corrected chi connectivity index (χ4v) is 4.97. The third-order valence-corrected chi connectivity index (χ3v) is 7.20. The number of hydrogen-bond acceptors (Lipinski definition) is 6. The summed E-state index contributed by atoms with van der Waals surface area (Å²) in [5, 5.41) is 13.9. The molecule has 0 radical (unpaired) electrons. The number of sulfonamides is 1. The fraction of sp³-hybridized carbons (Fsp3) is 0.167. The van der Waals surface area contributed by atoms with Gasteiger partial charge in [-0.1, -0.05) is 48.0 Å². The van der Waals surface area contributed by atoms with Gasteiger partial charge in [0.1, 0.15) is 0 Å². The minimum absolute atomic E-state index is 0.0239. The summed E-state index contributed by atoms with van der Waals surface area (Å²) in [6.07, 6.45) is 1.25. The van der Waals surface area contributed by atoms with Crippen LogP contribution in [0, 0.1) is 10.5 Å². The maximum absolute atomic E-state index is 12.9. The zero-order chi connectivity index (χ0) is 24.7. The average Bonchev–Trinajstić information content (AvgIpc) is 2.81. The number of nitrogens with one attached hydrogen (secondary N) is 2. The summed E-state index contributed by atoms with van der Waals surface area (Å²) in [4.78, 5) is 12.7. The summed E-state index contributed by atoms with van der Waals surface area (Å²) in [7, 11) is -2.42. The van der Waals surface area contributed by atoms with Crippen molar-refractivity contribution < 1.29 is 23.1 Å². The number of carbonyl (C=O) groups is 1. The number of amides is 1. The van der Waals surface area contributed by atoms with Crippen molar-refractivity contribution in [3.63, 3.8) is 0 Å². The van der Waals surface area contributed by atoms with Crippen LogP contribution in [0.1, 0.15) is 29.2 Å². The molecule has 0 aromatic heterocycles. The Morgan fingerprint density at radius 3 is 2.47 bits per heavy atom. The minimum atomic E-state index is -3.86. The van der Waals surface area contributed by atoms with E-state index in [9.17, 15) is 18.3 Å². The van der Waals surface area contributed by atoms with Crippen molar-refractivity contribution in [2.75, 3.05) is 7.11 Å². The van der Waals surface area contributed by atoms with E-state index in [-0.39, 0.29) is 22.8 Å². The van der Waals surface area contributed by atoms with Gasteiger partial charge in [-0.2, -0.15) is 5.10 Å². The first kappa shape index (κ1) is 25.7. The number of ether oxygens (including phenoxy) is 1. The third-order valence-electron chi connectivity index (χ3n) is 4.89. The number of rotatable bonds is 9. The lowest BCUT2D eigenvalue weighted by molar-refractivity contribution is -0.121. The van der Waals surface area contributed by atoms with Crippen molar-refractivity contribution in [2.45, 2.75) is 24.3 Å². The molecule has 0 spiro atoms. The second-order valence-corrected chi connectivity index (χ2v) is 10.3. The average molecular weight is 593 g/mol. The van der Waals surface area contributed by atoms with Gasteiger partial charge in [0.2, 0.25) is 15.9 Å². The molecule has 0 aliphatic rings. The van der Waals surface area contributed by atoms with Gasteiger partial charge in [-0.3, -0.25) is 4.79 Å². The highest BCUT2D eigenvalue weighted by Crippen LogP contribution is 2.31. The molecule has 3 aromatic carbocycles. The Bertz CT molecular complexity index is 1280. The summed E-state index contributed by atoms with van der Waals surface area (Å²) >= 11 is 1.96. The highest BCUT2D eigenvalue weighted by molar-refractivity contribution is 14.1. The van der Waals surface area contributed by atoms with Gasteiger partial charge in [-0.25, -0.2) is 18.6 Å². The van der Waals surface area contributed by atoms with Gasteiger partial charge in [0.15, 0.2) is 11.5 Å². The van der Waals surface area contributed by atoms with Gasteiger partial charge >= 0.3 is 0 Å². The van der Waals surface area contributed by atoms with Crippen LogP contribution in [0.2, 0.25) is 0 Å². The maximum Gasteiger partial charge on any atom is 0.242 e. The molecule has 3 aromatic rings. The smallest absolute Gasteiger partial charge is 0.242 e. The van der Waals surface area contributed by atoms with Crippen LogP contribution in [0.5, 0.6) is 11.5 Å². The van der Waals surface area contributed by atoms with Crippen LogP contribution in [0.15, 0.2) is 76.7 Å². The van der Waals surface area contributed by atoms with Crippen LogP contribution >= 0.6 is 22.6 Å². The molecule has 34 heavy (non-hydrogen) atoms. The van der Waals surface area contributed by atoms with Crippen molar-refractivity contribution >= 4 is 44.7 Å².